The van der Waals surface area contributed by atoms with Gasteiger partial charge in [0.05, 0.1) is 0 Å². The molecule has 2 amide bonds. The molecule has 0 spiro atoms. The van der Waals surface area contributed by atoms with E-state index < -0.39 is 0 Å². The number of carbonyl (C=O) groups excluding carboxylic acids is 2. The van der Waals surface area contributed by atoms with Gasteiger partial charge >= 0.3 is 0 Å². The van der Waals surface area contributed by atoms with E-state index in [0.717, 1.165) is 30.5 Å². The van der Waals surface area contributed by atoms with E-state index in [9.17, 15) is 9.59 Å². The van der Waals surface area contributed by atoms with Crippen LogP contribution in [0.15, 0.2) is 48.5 Å². The molecule has 0 saturated heterocycles. The molecule has 1 N–H and O–H groups in total. The molecule has 5 heteroatoms. The second-order valence-electron chi connectivity index (χ2n) is 6.93. The lowest BCUT2D eigenvalue weighted by Crippen LogP contribution is -2.34. The van der Waals surface area contributed by atoms with E-state index in [0.29, 0.717) is 18.8 Å². The van der Waals surface area contributed by atoms with Gasteiger partial charge in [-0.3, -0.25) is 9.59 Å². The Balaban J connectivity index is 1.47. The average molecular weight is 350 g/mol. The van der Waals surface area contributed by atoms with Gasteiger partial charge in [0.15, 0.2) is 6.61 Å². The highest BCUT2D eigenvalue weighted by molar-refractivity contribution is 5.94. The van der Waals surface area contributed by atoms with E-state index in [1.54, 1.807) is 0 Å². The third-order valence-corrected chi connectivity index (χ3v) is 4.85. The number of carbonyl (C=O) groups is 2. The summed E-state index contributed by atoms with van der Waals surface area (Å²) in [6.07, 6.45) is 2.75. The third-order valence-electron chi connectivity index (χ3n) is 4.85. The summed E-state index contributed by atoms with van der Waals surface area (Å²) < 4.78 is 5.66. The number of rotatable bonds is 5. The fraction of sp³-hybridized carbons (Fsp3) is 0.333. The van der Waals surface area contributed by atoms with Crippen molar-refractivity contribution >= 4 is 17.5 Å². The highest BCUT2D eigenvalue weighted by Gasteiger charge is 2.30. The van der Waals surface area contributed by atoms with Gasteiger partial charge in [-0.25, -0.2) is 0 Å². The quantitative estimate of drug-likeness (QED) is 0.902. The number of fused-ring (bicyclic) bond motifs is 1. The number of anilines is 1. The second kappa shape index (κ2) is 7.20. The molecule has 26 heavy (non-hydrogen) atoms. The van der Waals surface area contributed by atoms with Gasteiger partial charge in [-0.05, 0) is 43.0 Å². The third kappa shape index (κ3) is 3.87. The number of benzene rings is 2. The minimum atomic E-state index is -0.0132. The Morgan fingerprint density at radius 3 is 2.73 bits per heavy atom. The lowest BCUT2D eigenvalue weighted by atomic mass is 10.1. The highest BCUT2D eigenvalue weighted by Crippen LogP contribution is 2.31. The minimum Gasteiger partial charge on any atom is -0.483 e. The zero-order valence-electron chi connectivity index (χ0n) is 14.6. The molecule has 0 bridgehead atoms. The van der Waals surface area contributed by atoms with Gasteiger partial charge in [0, 0.05) is 30.3 Å². The molecule has 134 valence electrons. The van der Waals surface area contributed by atoms with Gasteiger partial charge in [-0.15, -0.1) is 0 Å². The van der Waals surface area contributed by atoms with Crippen LogP contribution in [0.1, 0.15) is 24.0 Å². The molecule has 5 nitrogen and oxygen atoms in total. The SMILES string of the molecule is O=C(Nc1ccc2c(c1)CN(CCc1ccccc1)C(=O)CO2)C1CC1. The van der Waals surface area contributed by atoms with Crippen LogP contribution in [0.3, 0.4) is 0 Å². The molecule has 0 radical (unpaired) electrons. The summed E-state index contributed by atoms with van der Waals surface area (Å²) >= 11 is 0. The first kappa shape index (κ1) is 16.6. The van der Waals surface area contributed by atoms with Crippen LogP contribution in [0.2, 0.25) is 0 Å². The predicted octanol–water partition coefficient (Wildman–Crippen LogP) is 3.00. The van der Waals surface area contributed by atoms with E-state index in [2.05, 4.69) is 17.4 Å². The van der Waals surface area contributed by atoms with Crippen LogP contribution in [0.25, 0.3) is 0 Å². The molecular formula is C21H22N2O3. The Morgan fingerprint density at radius 1 is 1.15 bits per heavy atom. The lowest BCUT2D eigenvalue weighted by molar-refractivity contribution is -0.133. The molecule has 0 aromatic heterocycles. The van der Waals surface area contributed by atoms with E-state index in [1.807, 2.05) is 41.3 Å². The number of nitrogens with one attached hydrogen (secondary N) is 1. The normalized spacial score (nSPS) is 16.5. The Kier molecular flexibility index (Phi) is 4.61. The number of hydrogen-bond acceptors (Lipinski definition) is 3. The fourth-order valence-corrected chi connectivity index (χ4v) is 3.15. The fourth-order valence-electron chi connectivity index (χ4n) is 3.15. The van der Waals surface area contributed by atoms with Crippen molar-refractivity contribution in [3.8, 4) is 5.75 Å². The van der Waals surface area contributed by atoms with Crippen molar-refractivity contribution in [2.75, 3.05) is 18.5 Å². The Bertz CT molecular complexity index is 815. The molecule has 2 aromatic rings. The summed E-state index contributed by atoms with van der Waals surface area (Å²) in [6, 6.07) is 15.7. The maximum Gasteiger partial charge on any atom is 0.260 e. The Hall–Kier alpha value is -2.82. The molecule has 1 aliphatic heterocycles. The van der Waals surface area contributed by atoms with Crippen molar-refractivity contribution in [1.82, 2.24) is 4.90 Å². The van der Waals surface area contributed by atoms with Crippen molar-refractivity contribution in [2.45, 2.75) is 25.8 Å². The summed E-state index contributed by atoms with van der Waals surface area (Å²) in [5.74, 6) is 0.941. The van der Waals surface area contributed by atoms with Crippen LogP contribution in [0.5, 0.6) is 5.75 Å². The summed E-state index contributed by atoms with van der Waals surface area (Å²) in [7, 11) is 0. The maximum atomic E-state index is 12.4. The van der Waals surface area contributed by atoms with Gasteiger partial charge in [0.25, 0.3) is 5.91 Å². The first-order valence-corrected chi connectivity index (χ1v) is 9.07. The minimum absolute atomic E-state index is 0.0132. The molecule has 1 heterocycles. The first-order chi connectivity index (χ1) is 12.7. The molecule has 2 aromatic carbocycles. The molecule has 0 unspecified atom stereocenters. The smallest absolute Gasteiger partial charge is 0.260 e. The topological polar surface area (TPSA) is 58.6 Å². The molecule has 1 fully saturated rings. The summed E-state index contributed by atoms with van der Waals surface area (Å²) in [5.41, 5.74) is 2.90. The average Bonchev–Trinajstić information content (AvgIpc) is 3.50. The van der Waals surface area contributed by atoms with Crippen LogP contribution in [0, 0.1) is 5.92 Å². The van der Waals surface area contributed by atoms with E-state index in [4.69, 9.17) is 4.74 Å². The summed E-state index contributed by atoms with van der Waals surface area (Å²) in [4.78, 5) is 26.2. The van der Waals surface area contributed by atoms with Crippen molar-refractivity contribution in [3.05, 3.63) is 59.7 Å². The number of amides is 2. The number of nitrogens with zero attached hydrogens (tertiary/aromatic N) is 1. The van der Waals surface area contributed by atoms with Crippen LogP contribution in [-0.2, 0) is 22.6 Å². The van der Waals surface area contributed by atoms with Crippen molar-refractivity contribution in [2.24, 2.45) is 5.92 Å². The number of hydrogen-bond donors (Lipinski definition) is 1. The van der Waals surface area contributed by atoms with E-state index in [-0.39, 0.29) is 24.3 Å². The second-order valence-corrected chi connectivity index (χ2v) is 6.93. The van der Waals surface area contributed by atoms with Crippen LogP contribution >= 0.6 is 0 Å². The van der Waals surface area contributed by atoms with Crippen LogP contribution in [0.4, 0.5) is 5.69 Å². The molecule has 2 aliphatic rings. The standard InChI is InChI=1S/C21H22N2O3/c24-20-14-26-19-9-8-18(22-21(25)16-6-7-16)12-17(19)13-23(20)11-10-15-4-2-1-3-5-15/h1-5,8-9,12,16H,6-7,10-11,13-14H2,(H,22,25). The van der Waals surface area contributed by atoms with Gasteiger partial charge < -0.3 is 15.0 Å². The van der Waals surface area contributed by atoms with Crippen LogP contribution in [-0.4, -0.2) is 29.9 Å². The van der Waals surface area contributed by atoms with Gasteiger partial charge in [0.2, 0.25) is 5.91 Å². The monoisotopic (exact) mass is 350 g/mol. The zero-order valence-corrected chi connectivity index (χ0v) is 14.6. The van der Waals surface area contributed by atoms with E-state index >= 15 is 0 Å². The Morgan fingerprint density at radius 2 is 1.96 bits per heavy atom. The number of ether oxygens (including phenoxy) is 1. The lowest BCUT2D eigenvalue weighted by Gasteiger charge is -2.20. The Labute approximate surface area is 153 Å². The van der Waals surface area contributed by atoms with Crippen molar-refractivity contribution in [3.63, 3.8) is 0 Å². The molecule has 4 rings (SSSR count). The van der Waals surface area contributed by atoms with Gasteiger partial charge in [0.1, 0.15) is 5.75 Å². The predicted molar refractivity (Wildman–Crippen MR) is 98.9 cm³/mol. The maximum absolute atomic E-state index is 12.4. The largest absolute Gasteiger partial charge is 0.483 e. The first-order valence-electron chi connectivity index (χ1n) is 9.07. The molecule has 1 aliphatic carbocycles. The zero-order chi connectivity index (χ0) is 17.9. The van der Waals surface area contributed by atoms with Crippen LogP contribution < -0.4 is 10.1 Å². The van der Waals surface area contributed by atoms with Crippen molar-refractivity contribution in [1.29, 1.82) is 0 Å². The molecular weight excluding hydrogens is 328 g/mol. The van der Waals surface area contributed by atoms with Gasteiger partial charge in [-0.2, -0.15) is 0 Å². The van der Waals surface area contributed by atoms with Crippen molar-refractivity contribution < 1.29 is 14.3 Å². The molecule has 0 atom stereocenters. The summed E-state index contributed by atoms with van der Waals surface area (Å²) in [6.45, 7) is 1.19. The van der Waals surface area contributed by atoms with E-state index in [1.165, 1.54) is 5.56 Å². The summed E-state index contributed by atoms with van der Waals surface area (Å²) in [5, 5.41) is 2.96. The molecule has 1 saturated carbocycles. The van der Waals surface area contributed by atoms with Gasteiger partial charge in [-0.1, -0.05) is 30.3 Å². The highest BCUT2D eigenvalue weighted by atomic mass is 16.5.